The number of sulfonamides is 1. The van der Waals surface area contributed by atoms with Gasteiger partial charge in [-0.2, -0.15) is 0 Å². The minimum Gasteiger partial charge on any atom is -0.457 e. The highest BCUT2D eigenvalue weighted by Gasteiger charge is 2.31. The third kappa shape index (κ3) is 5.37. The van der Waals surface area contributed by atoms with Crippen molar-refractivity contribution in [3.05, 3.63) is 90.0 Å². The van der Waals surface area contributed by atoms with E-state index in [-0.39, 0.29) is 11.9 Å². The van der Waals surface area contributed by atoms with Crippen LogP contribution in [0.4, 0.5) is 5.69 Å². The summed E-state index contributed by atoms with van der Waals surface area (Å²) in [6.07, 6.45) is 3.92. The maximum absolute atomic E-state index is 13.1. The first-order chi connectivity index (χ1) is 15.8. The largest absolute Gasteiger partial charge is 0.457 e. The Morgan fingerprint density at radius 1 is 0.970 bits per heavy atom. The number of ether oxygens (including phenoxy) is 1. The number of amides is 1. The maximum atomic E-state index is 13.1. The molecule has 0 fully saturated rings. The second-order valence-electron chi connectivity index (χ2n) is 8.30. The number of para-hydroxylation sites is 1. The Balaban J connectivity index is 1.52. The van der Waals surface area contributed by atoms with Crippen molar-refractivity contribution in [1.82, 2.24) is 5.32 Å². The van der Waals surface area contributed by atoms with Crippen LogP contribution in [0.2, 0.25) is 0 Å². The van der Waals surface area contributed by atoms with Gasteiger partial charge in [-0.3, -0.25) is 9.10 Å². The summed E-state index contributed by atoms with van der Waals surface area (Å²) in [5, 5.41) is 3.07. The normalized spacial score (nSPS) is 16.4. The van der Waals surface area contributed by atoms with E-state index in [1.54, 1.807) is 31.2 Å². The molecule has 2 unspecified atom stereocenters. The van der Waals surface area contributed by atoms with E-state index >= 15 is 0 Å². The van der Waals surface area contributed by atoms with Gasteiger partial charge in [-0.15, -0.1) is 0 Å². The van der Waals surface area contributed by atoms with Gasteiger partial charge in [0, 0.05) is 0 Å². The number of rotatable bonds is 7. The Morgan fingerprint density at radius 2 is 1.61 bits per heavy atom. The first-order valence-corrected chi connectivity index (χ1v) is 12.9. The first-order valence-electron chi connectivity index (χ1n) is 11.0. The summed E-state index contributed by atoms with van der Waals surface area (Å²) >= 11 is 0. The highest BCUT2D eigenvalue weighted by atomic mass is 32.2. The molecule has 172 valence electrons. The van der Waals surface area contributed by atoms with Gasteiger partial charge in [-0.1, -0.05) is 42.5 Å². The molecule has 0 aliphatic heterocycles. The fourth-order valence-electron chi connectivity index (χ4n) is 4.29. The van der Waals surface area contributed by atoms with E-state index in [2.05, 4.69) is 11.4 Å². The van der Waals surface area contributed by atoms with Gasteiger partial charge >= 0.3 is 0 Å². The molecule has 1 aliphatic rings. The molecule has 4 rings (SSSR count). The minimum atomic E-state index is -3.70. The van der Waals surface area contributed by atoms with E-state index in [9.17, 15) is 13.2 Å². The zero-order chi connectivity index (χ0) is 23.4. The number of hydrogen-bond acceptors (Lipinski definition) is 4. The molecule has 7 heteroatoms. The van der Waals surface area contributed by atoms with E-state index in [4.69, 9.17) is 4.74 Å². The molecule has 0 saturated carbocycles. The second kappa shape index (κ2) is 9.67. The summed E-state index contributed by atoms with van der Waals surface area (Å²) in [5.41, 5.74) is 2.75. The van der Waals surface area contributed by atoms with Crippen LogP contribution in [-0.4, -0.2) is 26.6 Å². The van der Waals surface area contributed by atoms with E-state index in [0.717, 1.165) is 35.4 Å². The van der Waals surface area contributed by atoms with Gasteiger partial charge < -0.3 is 10.1 Å². The lowest BCUT2D eigenvalue weighted by Gasteiger charge is -2.31. The smallest absolute Gasteiger partial charge is 0.244 e. The van der Waals surface area contributed by atoms with Crippen molar-refractivity contribution >= 4 is 21.6 Å². The fraction of sp³-hybridized carbons (Fsp3) is 0.269. The van der Waals surface area contributed by atoms with Gasteiger partial charge in [0.05, 0.1) is 18.0 Å². The number of carbonyl (C=O) groups excluding carboxylic acids is 1. The molecule has 2 atom stereocenters. The minimum absolute atomic E-state index is 0.118. The highest BCUT2D eigenvalue weighted by Crippen LogP contribution is 2.31. The summed E-state index contributed by atoms with van der Waals surface area (Å²) in [6.45, 7) is 1.61. The number of nitrogens with one attached hydrogen (secondary N) is 1. The Bertz CT molecular complexity index is 1210. The molecule has 0 radical (unpaired) electrons. The van der Waals surface area contributed by atoms with Crippen LogP contribution in [-0.2, 0) is 21.2 Å². The van der Waals surface area contributed by atoms with Gasteiger partial charge in [0.25, 0.3) is 0 Å². The number of benzene rings is 3. The highest BCUT2D eigenvalue weighted by molar-refractivity contribution is 7.92. The van der Waals surface area contributed by atoms with Crippen molar-refractivity contribution in [2.24, 2.45) is 0 Å². The SMILES string of the molecule is CC(C(=O)NC1CCCc2ccccc21)N(c1ccc(Oc2ccccc2)cc1)S(C)(=O)=O. The zero-order valence-electron chi connectivity index (χ0n) is 18.8. The van der Waals surface area contributed by atoms with Gasteiger partial charge in [0.2, 0.25) is 15.9 Å². The molecular formula is C26H28N2O4S. The van der Waals surface area contributed by atoms with Crippen LogP contribution in [0.15, 0.2) is 78.9 Å². The van der Waals surface area contributed by atoms with Crippen LogP contribution in [0.5, 0.6) is 11.5 Å². The number of nitrogens with zero attached hydrogens (tertiary/aromatic N) is 1. The number of fused-ring (bicyclic) bond motifs is 1. The topological polar surface area (TPSA) is 75.7 Å². The van der Waals surface area contributed by atoms with E-state index in [1.807, 2.05) is 48.5 Å². The van der Waals surface area contributed by atoms with E-state index in [1.165, 1.54) is 5.56 Å². The molecule has 3 aromatic carbocycles. The molecule has 33 heavy (non-hydrogen) atoms. The molecule has 1 N–H and O–H groups in total. The molecule has 0 heterocycles. The summed E-state index contributed by atoms with van der Waals surface area (Å²) in [5.74, 6) is 0.937. The summed E-state index contributed by atoms with van der Waals surface area (Å²) in [6, 6.07) is 23.1. The molecule has 0 saturated heterocycles. The van der Waals surface area contributed by atoms with Gasteiger partial charge in [0.1, 0.15) is 17.5 Å². The van der Waals surface area contributed by atoms with Crippen molar-refractivity contribution in [2.45, 2.75) is 38.3 Å². The molecule has 0 bridgehead atoms. The summed E-state index contributed by atoms with van der Waals surface area (Å²) in [4.78, 5) is 13.1. The van der Waals surface area contributed by atoms with Crippen molar-refractivity contribution in [3.8, 4) is 11.5 Å². The third-order valence-electron chi connectivity index (χ3n) is 5.84. The van der Waals surface area contributed by atoms with E-state index in [0.29, 0.717) is 17.2 Å². The van der Waals surface area contributed by atoms with Crippen molar-refractivity contribution in [1.29, 1.82) is 0 Å². The number of carbonyl (C=O) groups is 1. The average Bonchev–Trinajstić information content (AvgIpc) is 2.80. The Hall–Kier alpha value is -3.32. The zero-order valence-corrected chi connectivity index (χ0v) is 19.6. The molecule has 6 nitrogen and oxygen atoms in total. The third-order valence-corrected chi connectivity index (χ3v) is 7.09. The molecule has 0 spiro atoms. The predicted octanol–water partition coefficient (Wildman–Crippen LogP) is 4.83. The van der Waals surface area contributed by atoms with Crippen molar-refractivity contribution in [3.63, 3.8) is 0 Å². The lowest BCUT2D eigenvalue weighted by Crippen LogP contribution is -2.49. The fourth-order valence-corrected chi connectivity index (χ4v) is 5.47. The monoisotopic (exact) mass is 464 g/mol. The van der Waals surface area contributed by atoms with Gasteiger partial charge in [0.15, 0.2) is 0 Å². The van der Waals surface area contributed by atoms with Crippen LogP contribution < -0.4 is 14.4 Å². The van der Waals surface area contributed by atoms with Gasteiger partial charge in [-0.05, 0) is 73.7 Å². The molecular weight excluding hydrogens is 436 g/mol. The average molecular weight is 465 g/mol. The second-order valence-corrected chi connectivity index (χ2v) is 10.2. The Morgan fingerprint density at radius 3 is 2.30 bits per heavy atom. The maximum Gasteiger partial charge on any atom is 0.244 e. The lowest BCUT2D eigenvalue weighted by atomic mass is 9.87. The van der Waals surface area contributed by atoms with Crippen LogP contribution in [0.3, 0.4) is 0 Å². The van der Waals surface area contributed by atoms with E-state index < -0.39 is 16.1 Å². The standard InChI is InChI=1S/C26H28N2O4S/c1-19(26(29)27-25-14-8-10-20-9-6-7-13-24(20)25)28(33(2,30)31)21-15-17-23(18-16-21)32-22-11-4-3-5-12-22/h3-7,9,11-13,15-19,25H,8,10,14H2,1-2H3,(H,27,29). The van der Waals surface area contributed by atoms with Crippen LogP contribution >= 0.6 is 0 Å². The van der Waals surface area contributed by atoms with Crippen LogP contribution in [0.25, 0.3) is 0 Å². The molecule has 0 aromatic heterocycles. The van der Waals surface area contributed by atoms with Gasteiger partial charge in [-0.25, -0.2) is 8.42 Å². The number of hydrogen-bond donors (Lipinski definition) is 1. The van der Waals surface area contributed by atoms with Crippen LogP contribution in [0.1, 0.15) is 36.9 Å². The number of aryl methyl sites for hydroxylation is 1. The Kier molecular flexibility index (Phi) is 6.70. The summed E-state index contributed by atoms with van der Waals surface area (Å²) < 4.78 is 32.3. The quantitative estimate of drug-likeness (QED) is 0.544. The summed E-state index contributed by atoms with van der Waals surface area (Å²) in [7, 11) is -3.70. The van der Waals surface area contributed by atoms with Crippen molar-refractivity contribution < 1.29 is 17.9 Å². The molecule has 1 amide bonds. The lowest BCUT2D eigenvalue weighted by molar-refractivity contribution is -0.122. The molecule has 3 aromatic rings. The number of anilines is 1. The Labute approximate surface area is 195 Å². The van der Waals surface area contributed by atoms with Crippen LogP contribution in [0, 0.1) is 0 Å². The first kappa shape index (κ1) is 22.9. The van der Waals surface area contributed by atoms with Crippen molar-refractivity contribution in [2.75, 3.05) is 10.6 Å². The molecule has 1 aliphatic carbocycles. The predicted molar refractivity (Wildman–Crippen MR) is 130 cm³/mol.